The van der Waals surface area contributed by atoms with E-state index in [0.717, 1.165) is 5.69 Å². The van der Waals surface area contributed by atoms with Gasteiger partial charge in [-0.05, 0) is 25.1 Å². The molecule has 0 saturated carbocycles. The Bertz CT molecular complexity index is 407. The highest BCUT2D eigenvalue weighted by Gasteiger charge is 2.08. The van der Waals surface area contributed by atoms with E-state index in [-0.39, 0.29) is 12.4 Å². The van der Waals surface area contributed by atoms with Crippen LogP contribution in [0.1, 0.15) is 17.3 Å². The summed E-state index contributed by atoms with van der Waals surface area (Å²) in [5.41, 5.74) is 7.69. The van der Waals surface area contributed by atoms with Crippen LogP contribution in [0.2, 0.25) is 0 Å². The molecule has 0 aromatic heterocycles. The molecule has 0 fully saturated rings. The van der Waals surface area contributed by atoms with E-state index in [1.165, 1.54) is 6.92 Å². The molecule has 1 aromatic carbocycles. The number of aliphatic hydroxyl groups is 1. The number of anilines is 2. The summed E-state index contributed by atoms with van der Waals surface area (Å²) in [6.45, 7) is 3.08. The lowest BCUT2D eigenvalue weighted by molar-refractivity contribution is 0.0971. The van der Waals surface area contributed by atoms with Crippen molar-refractivity contribution in [2.45, 2.75) is 6.92 Å². The van der Waals surface area contributed by atoms with E-state index >= 15 is 0 Å². The summed E-state index contributed by atoms with van der Waals surface area (Å²) in [5, 5.41) is 8.59. The predicted molar refractivity (Wildman–Crippen MR) is 72.0 cm³/mol. The Kier molecular flexibility index (Phi) is 5.61. The second-order valence-electron chi connectivity index (χ2n) is 4.09. The normalized spacial score (nSPS) is 10.4. The average Bonchev–Trinajstić information content (AvgIpc) is 2.34. The summed E-state index contributed by atoms with van der Waals surface area (Å²) in [6, 6.07) is 5.38. The minimum atomic E-state index is -0.0423. The third-order valence-electron chi connectivity index (χ3n) is 2.66. The number of hydrogen-bond acceptors (Lipinski definition) is 5. The highest BCUT2D eigenvalue weighted by atomic mass is 16.5. The van der Waals surface area contributed by atoms with Crippen molar-refractivity contribution in [1.29, 1.82) is 0 Å². The number of hydrogen-bond donors (Lipinski definition) is 2. The number of carbonyl (C=O) groups excluding carboxylic acids is 1. The maximum atomic E-state index is 11.4. The zero-order valence-electron chi connectivity index (χ0n) is 10.8. The first-order valence-electron chi connectivity index (χ1n) is 5.86. The van der Waals surface area contributed by atoms with Crippen LogP contribution in [0.4, 0.5) is 11.4 Å². The number of Topliss-reactive ketones (excluding diaryl/α,β-unsaturated/α-hetero) is 1. The average molecular weight is 252 g/mol. The smallest absolute Gasteiger partial charge is 0.161 e. The maximum absolute atomic E-state index is 11.4. The molecule has 0 radical (unpaired) electrons. The second kappa shape index (κ2) is 6.98. The van der Waals surface area contributed by atoms with Crippen LogP contribution >= 0.6 is 0 Å². The van der Waals surface area contributed by atoms with Crippen molar-refractivity contribution in [3.05, 3.63) is 23.8 Å². The summed E-state index contributed by atoms with van der Waals surface area (Å²) in [6.07, 6.45) is 0. The zero-order chi connectivity index (χ0) is 13.5. The molecule has 5 nitrogen and oxygen atoms in total. The van der Waals surface area contributed by atoms with E-state index in [1.807, 2.05) is 18.0 Å². The molecule has 0 bridgehead atoms. The van der Waals surface area contributed by atoms with Crippen molar-refractivity contribution < 1.29 is 14.6 Å². The van der Waals surface area contributed by atoms with Gasteiger partial charge in [-0.15, -0.1) is 0 Å². The topological polar surface area (TPSA) is 75.8 Å². The summed E-state index contributed by atoms with van der Waals surface area (Å²) >= 11 is 0. The monoisotopic (exact) mass is 252 g/mol. The van der Waals surface area contributed by atoms with Gasteiger partial charge in [-0.25, -0.2) is 0 Å². The summed E-state index contributed by atoms with van der Waals surface area (Å²) < 4.78 is 5.19. The Hall–Kier alpha value is -1.59. The van der Waals surface area contributed by atoms with Crippen molar-refractivity contribution in [2.75, 3.05) is 44.0 Å². The van der Waals surface area contributed by atoms with Gasteiger partial charge < -0.3 is 20.5 Å². The van der Waals surface area contributed by atoms with Crippen molar-refractivity contribution in [1.82, 2.24) is 0 Å². The number of benzene rings is 1. The third-order valence-corrected chi connectivity index (χ3v) is 2.66. The molecule has 100 valence electrons. The summed E-state index contributed by atoms with van der Waals surface area (Å²) in [5.74, 6) is -0.0423. The van der Waals surface area contributed by atoms with Crippen LogP contribution in [-0.2, 0) is 4.74 Å². The molecule has 0 aliphatic rings. The Morgan fingerprint density at radius 3 is 2.78 bits per heavy atom. The first kappa shape index (κ1) is 14.5. The van der Waals surface area contributed by atoms with E-state index in [0.29, 0.717) is 31.0 Å². The molecule has 5 heteroatoms. The first-order chi connectivity index (χ1) is 8.56. The van der Waals surface area contributed by atoms with E-state index in [4.69, 9.17) is 15.6 Å². The van der Waals surface area contributed by atoms with Crippen molar-refractivity contribution in [3.63, 3.8) is 0 Å². The number of aliphatic hydroxyl groups excluding tert-OH is 1. The molecule has 1 rings (SSSR count). The molecule has 0 spiro atoms. The fourth-order valence-corrected chi connectivity index (χ4v) is 1.58. The highest BCUT2D eigenvalue weighted by molar-refractivity contribution is 6.00. The fourth-order valence-electron chi connectivity index (χ4n) is 1.58. The van der Waals surface area contributed by atoms with E-state index in [2.05, 4.69) is 0 Å². The number of ketones is 1. The Labute approximate surface area is 107 Å². The van der Waals surface area contributed by atoms with Crippen LogP contribution in [-0.4, -0.2) is 44.3 Å². The lowest BCUT2D eigenvalue weighted by Gasteiger charge is -2.20. The van der Waals surface area contributed by atoms with Crippen LogP contribution in [0.5, 0.6) is 0 Å². The predicted octanol–water partition coefficient (Wildman–Crippen LogP) is 0.917. The van der Waals surface area contributed by atoms with Crippen LogP contribution in [0.15, 0.2) is 18.2 Å². The van der Waals surface area contributed by atoms with Gasteiger partial charge in [-0.1, -0.05) is 0 Å². The largest absolute Gasteiger partial charge is 0.398 e. The Balaban J connectivity index is 2.65. The van der Waals surface area contributed by atoms with Gasteiger partial charge in [-0.2, -0.15) is 0 Å². The molecule has 0 aliphatic carbocycles. The number of rotatable bonds is 7. The molecule has 0 unspecified atom stereocenters. The molecule has 0 amide bonds. The van der Waals surface area contributed by atoms with Crippen molar-refractivity contribution >= 4 is 17.2 Å². The lowest BCUT2D eigenvalue weighted by Crippen LogP contribution is -2.23. The minimum Gasteiger partial charge on any atom is -0.398 e. The van der Waals surface area contributed by atoms with Crippen LogP contribution in [0.25, 0.3) is 0 Å². The van der Waals surface area contributed by atoms with Crippen LogP contribution in [0, 0.1) is 0 Å². The number of carbonyl (C=O) groups is 1. The number of nitrogen functional groups attached to an aromatic ring is 1. The van der Waals surface area contributed by atoms with Gasteiger partial charge >= 0.3 is 0 Å². The molecule has 0 aliphatic heterocycles. The molecule has 0 heterocycles. The molecule has 0 saturated heterocycles. The van der Waals surface area contributed by atoms with Gasteiger partial charge in [0.1, 0.15) is 0 Å². The van der Waals surface area contributed by atoms with E-state index < -0.39 is 0 Å². The minimum absolute atomic E-state index is 0.0278. The zero-order valence-corrected chi connectivity index (χ0v) is 10.8. The first-order valence-corrected chi connectivity index (χ1v) is 5.86. The SMILES string of the molecule is CC(=O)c1cc(N(C)CCOCCO)ccc1N. The lowest BCUT2D eigenvalue weighted by atomic mass is 10.1. The molecular formula is C13H20N2O3. The van der Waals surface area contributed by atoms with Crippen LogP contribution in [0.3, 0.4) is 0 Å². The van der Waals surface area contributed by atoms with Gasteiger partial charge in [0.15, 0.2) is 5.78 Å². The number of nitrogens with two attached hydrogens (primary N) is 1. The van der Waals surface area contributed by atoms with Crippen molar-refractivity contribution in [3.8, 4) is 0 Å². The standard InChI is InChI=1S/C13H20N2O3/c1-10(17)12-9-11(3-4-13(12)14)15(2)5-7-18-8-6-16/h3-4,9,16H,5-8,14H2,1-2H3. The van der Waals surface area contributed by atoms with Gasteiger partial charge in [0.05, 0.1) is 19.8 Å². The van der Waals surface area contributed by atoms with Crippen LogP contribution < -0.4 is 10.6 Å². The fraction of sp³-hybridized carbons (Fsp3) is 0.462. The quantitative estimate of drug-likeness (QED) is 0.429. The van der Waals surface area contributed by atoms with E-state index in [1.54, 1.807) is 12.1 Å². The number of nitrogens with zero attached hydrogens (tertiary/aromatic N) is 1. The number of likely N-dealkylation sites (N-methyl/N-ethyl adjacent to an activating group) is 1. The summed E-state index contributed by atoms with van der Waals surface area (Å²) in [4.78, 5) is 13.4. The van der Waals surface area contributed by atoms with Gasteiger partial charge in [-0.3, -0.25) is 4.79 Å². The summed E-state index contributed by atoms with van der Waals surface area (Å²) in [7, 11) is 1.91. The molecule has 1 aromatic rings. The Morgan fingerprint density at radius 1 is 1.44 bits per heavy atom. The maximum Gasteiger partial charge on any atom is 0.161 e. The van der Waals surface area contributed by atoms with Crippen molar-refractivity contribution in [2.24, 2.45) is 0 Å². The molecular weight excluding hydrogens is 232 g/mol. The van der Waals surface area contributed by atoms with Gasteiger partial charge in [0.25, 0.3) is 0 Å². The van der Waals surface area contributed by atoms with Gasteiger partial charge in [0, 0.05) is 30.5 Å². The number of ether oxygens (including phenoxy) is 1. The van der Waals surface area contributed by atoms with E-state index in [9.17, 15) is 4.79 Å². The Morgan fingerprint density at radius 2 is 2.17 bits per heavy atom. The second-order valence-corrected chi connectivity index (χ2v) is 4.09. The highest BCUT2D eigenvalue weighted by Crippen LogP contribution is 2.20. The molecule has 3 N–H and O–H groups in total. The third kappa shape index (κ3) is 4.01. The van der Waals surface area contributed by atoms with Gasteiger partial charge in [0.2, 0.25) is 0 Å². The molecule has 0 atom stereocenters. The molecule has 18 heavy (non-hydrogen) atoms.